The van der Waals surface area contributed by atoms with Gasteiger partial charge in [0.15, 0.2) is 0 Å². The summed E-state index contributed by atoms with van der Waals surface area (Å²) < 4.78 is 0. The monoisotopic (exact) mass is 190 g/mol. The van der Waals surface area contributed by atoms with Crippen LogP contribution in [0, 0.1) is 5.92 Å². The summed E-state index contributed by atoms with van der Waals surface area (Å²) in [5.74, 6) is 0.377. The van der Waals surface area contributed by atoms with Crippen LogP contribution in [0.2, 0.25) is 0 Å². The van der Waals surface area contributed by atoms with E-state index < -0.39 is 5.60 Å². The van der Waals surface area contributed by atoms with Crippen LogP contribution in [0.4, 0.5) is 0 Å². The van der Waals surface area contributed by atoms with Crippen molar-refractivity contribution in [3.05, 3.63) is 35.4 Å². The van der Waals surface area contributed by atoms with E-state index in [2.05, 4.69) is 32.0 Å². The van der Waals surface area contributed by atoms with Crippen LogP contribution in [-0.4, -0.2) is 5.11 Å². The van der Waals surface area contributed by atoms with Gasteiger partial charge >= 0.3 is 0 Å². The Balaban J connectivity index is 2.52. The molecule has 1 aromatic rings. The average Bonchev–Trinajstić information content (AvgIpc) is 2.24. The van der Waals surface area contributed by atoms with Crippen molar-refractivity contribution in [1.82, 2.24) is 0 Å². The summed E-state index contributed by atoms with van der Waals surface area (Å²) in [5, 5.41) is 10.6. The second kappa shape index (κ2) is 3.39. The number of fused-ring (bicyclic) bond motifs is 1. The van der Waals surface area contributed by atoms with Crippen molar-refractivity contribution in [3.63, 3.8) is 0 Å². The topological polar surface area (TPSA) is 20.2 Å². The van der Waals surface area contributed by atoms with Crippen LogP contribution in [0.1, 0.15) is 37.8 Å². The fourth-order valence-electron chi connectivity index (χ4n) is 2.58. The number of hydrogen-bond acceptors (Lipinski definition) is 1. The first kappa shape index (κ1) is 9.72. The van der Waals surface area contributed by atoms with Crippen LogP contribution < -0.4 is 0 Å². The molecule has 1 nitrogen and oxygen atoms in total. The molecule has 0 spiro atoms. The molecular formula is C13H18O. The molecule has 0 radical (unpaired) electrons. The van der Waals surface area contributed by atoms with Gasteiger partial charge in [-0.05, 0) is 36.3 Å². The summed E-state index contributed by atoms with van der Waals surface area (Å²) in [5.41, 5.74) is 1.89. The second-order valence-corrected chi connectivity index (χ2v) is 4.37. The normalized spacial score (nSPS) is 31.2. The van der Waals surface area contributed by atoms with Gasteiger partial charge in [-0.3, -0.25) is 0 Å². The first-order chi connectivity index (χ1) is 6.68. The Labute approximate surface area is 85.8 Å². The third-order valence-corrected chi connectivity index (χ3v) is 3.68. The zero-order valence-electron chi connectivity index (χ0n) is 8.96. The largest absolute Gasteiger partial charge is 0.385 e. The Kier molecular flexibility index (Phi) is 2.36. The fraction of sp³-hybridized carbons (Fsp3) is 0.538. The molecule has 2 atom stereocenters. The number of hydrogen-bond donors (Lipinski definition) is 1. The van der Waals surface area contributed by atoms with Gasteiger partial charge < -0.3 is 5.11 Å². The van der Waals surface area contributed by atoms with Gasteiger partial charge in [0, 0.05) is 0 Å². The number of aliphatic hydroxyl groups is 1. The molecule has 0 saturated carbocycles. The van der Waals surface area contributed by atoms with E-state index in [-0.39, 0.29) is 0 Å². The van der Waals surface area contributed by atoms with E-state index in [1.165, 1.54) is 5.56 Å². The average molecular weight is 190 g/mol. The summed E-state index contributed by atoms with van der Waals surface area (Å²) in [7, 11) is 0. The Bertz CT molecular complexity index is 332. The molecular weight excluding hydrogens is 172 g/mol. The lowest BCUT2D eigenvalue weighted by Crippen LogP contribution is -2.37. The number of rotatable bonds is 1. The van der Waals surface area contributed by atoms with Crippen LogP contribution in [0.5, 0.6) is 0 Å². The molecule has 14 heavy (non-hydrogen) atoms. The molecule has 0 saturated heterocycles. The smallest absolute Gasteiger partial charge is 0.0922 e. The second-order valence-electron chi connectivity index (χ2n) is 4.37. The van der Waals surface area contributed by atoms with Gasteiger partial charge in [0.2, 0.25) is 0 Å². The first-order valence-corrected chi connectivity index (χ1v) is 5.49. The van der Waals surface area contributed by atoms with E-state index in [1.54, 1.807) is 0 Å². The predicted octanol–water partition coefficient (Wildman–Crippen LogP) is 2.87. The lowest BCUT2D eigenvalue weighted by molar-refractivity contribution is -0.0313. The predicted molar refractivity (Wildman–Crippen MR) is 58.1 cm³/mol. The van der Waals surface area contributed by atoms with Crippen molar-refractivity contribution < 1.29 is 5.11 Å². The number of aryl methyl sites for hydroxylation is 1. The minimum absolute atomic E-state index is 0.377. The maximum absolute atomic E-state index is 10.6. The first-order valence-electron chi connectivity index (χ1n) is 5.49. The van der Waals surface area contributed by atoms with Crippen molar-refractivity contribution in [3.8, 4) is 0 Å². The van der Waals surface area contributed by atoms with Gasteiger partial charge in [-0.1, -0.05) is 38.1 Å². The zero-order chi connectivity index (χ0) is 10.2. The highest BCUT2D eigenvalue weighted by Gasteiger charge is 2.38. The van der Waals surface area contributed by atoms with Crippen molar-refractivity contribution >= 4 is 0 Å². The highest BCUT2D eigenvalue weighted by molar-refractivity contribution is 5.35. The molecule has 1 aliphatic rings. The van der Waals surface area contributed by atoms with Crippen molar-refractivity contribution in [2.24, 2.45) is 5.92 Å². The Morgan fingerprint density at radius 2 is 2.14 bits per heavy atom. The molecule has 0 aromatic heterocycles. The standard InChI is InChI=1S/C13H18O/c1-3-13(14)10(2)8-9-11-6-4-5-7-12(11)13/h4-7,10,14H,3,8-9H2,1-2H3/t10-,13+/m0/s1. The third kappa shape index (κ3) is 1.27. The van der Waals surface area contributed by atoms with E-state index in [4.69, 9.17) is 0 Å². The van der Waals surface area contributed by atoms with Gasteiger partial charge in [-0.15, -0.1) is 0 Å². The molecule has 0 heterocycles. The summed E-state index contributed by atoms with van der Waals surface area (Å²) in [6.45, 7) is 4.22. The molecule has 1 aliphatic carbocycles. The van der Waals surface area contributed by atoms with Crippen molar-refractivity contribution in [2.45, 2.75) is 38.7 Å². The molecule has 1 heteroatoms. The Morgan fingerprint density at radius 1 is 1.43 bits per heavy atom. The fourth-order valence-corrected chi connectivity index (χ4v) is 2.58. The molecule has 0 bridgehead atoms. The zero-order valence-corrected chi connectivity index (χ0v) is 8.96. The summed E-state index contributed by atoms with van der Waals surface area (Å²) in [6.07, 6.45) is 3.02. The highest BCUT2D eigenvalue weighted by atomic mass is 16.3. The SMILES string of the molecule is CC[C@]1(O)c2ccccc2CC[C@@H]1C. The third-order valence-electron chi connectivity index (χ3n) is 3.68. The maximum atomic E-state index is 10.6. The molecule has 0 aliphatic heterocycles. The quantitative estimate of drug-likeness (QED) is 0.722. The minimum Gasteiger partial charge on any atom is -0.385 e. The molecule has 0 fully saturated rings. The highest BCUT2D eigenvalue weighted by Crippen LogP contribution is 2.41. The van der Waals surface area contributed by atoms with Gasteiger partial charge in [-0.25, -0.2) is 0 Å². The maximum Gasteiger partial charge on any atom is 0.0922 e. The van der Waals surface area contributed by atoms with Crippen LogP contribution in [0.3, 0.4) is 0 Å². The van der Waals surface area contributed by atoms with Crippen LogP contribution in [0.15, 0.2) is 24.3 Å². The van der Waals surface area contributed by atoms with Gasteiger partial charge in [-0.2, -0.15) is 0 Å². The molecule has 1 aromatic carbocycles. The molecule has 0 unspecified atom stereocenters. The van der Waals surface area contributed by atoms with E-state index >= 15 is 0 Å². The molecule has 1 N–H and O–H groups in total. The lowest BCUT2D eigenvalue weighted by Gasteiger charge is -2.39. The summed E-state index contributed by atoms with van der Waals surface area (Å²) >= 11 is 0. The van der Waals surface area contributed by atoms with Gasteiger partial charge in [0.1, 0.15) is 0 Å². The van der Waals surface area contributed by atoms with Crippen LogP contribution in [-0.2, 0) is 12.0 Å². The molecule has 2 rings (SSSR count). The number of benzene rings is 1. The van der Waals surface area contributed by atoms with Crippen LogP contribution in [0.25, 0.3) is 0 Å². The van der Waals surface area contributed by atoms with Gasteiger partial charge in [0.05, 0.1) is 5.60 Å². The Hall–Kier alpha value is -0.820. The van der Waals surface area contributed by atoms with E-state index in [0.717, 1.165) is 24.8 Å². The molecule has 76 valence electrons. The van der Waals surface area contributed by atoms with Gasteiger partial charge in [0.25, 0.3) is 0 Å². The Morgan fingerprint density at radius 3 is 2.86 bits per heavy atom. The lowest BCUT2D eigenvalue weighted by atomic mass is 9.71. The van der Waals surface area contributed by atoms with Crippen LogP contribution >= 0.6 is 0 Å². The van der Waals surface area contributed by atoms with E-state index in [1.807, 2.05) is 6.07 Å². The summed E-state index contributed by atoms with van der Waals surface area (Å²) in [4.78, 5) is 0. The minimum atomic E-state index is -0.588. The molecule has 0 amide bonds. The van der Waals surface area contributed by atoms with E-state index in [9.17, 15) is 5.11 Å². The van der Waals surface area contributed by atoms with Crippen molar-refractivity contribution in [2.75, 3.05) is 0 Å². The summed E-state index contributed by atoms with van der Waals surface area (Å²) in [6, 6.07) is 8.30. The van der Waals surface area contributed by atoms with Crippen molar-refractivity contribution in [1.29, 1.82) is 0 Å². The van der Waals surface area contributed by atoms with E-state index in [0.29, 0.717) is 5.92 Å².